The molecule has 1 heterocycles. The van der Waals surface area contributed by atoms with Gasteiger partial charge in [0.2, 0.25) is 0 Å². The van der Waals surface area contributed by atoms with Gasteiger partial charge in [-0.05, 0) is 0 Å². The molecule has 23 heavy (non-hydrogen) atoms. The molecule has 4 heteroatoms. The van der Waals surface area contributed by atoms with Crippen LogP contribution in [0.4, 0.5) is 0 Å². The SMILES string of the molecule is O=C1c2ccccc2C(=O)N1CCCC#C[Se]c1ccccc1. The number of fused-ring (bicyclic) bond motifs is 1. The van der Waals surface area contributed by atoms with E-state index in [4.69, 9.17) is 0 Å². The van der Waals surface area contributed by atoms with Gasteiger partial charge in [-0.25, -0.2) is 0 Å². The molecule has 3 nitrogen and oxygen atoms in total. The summed E-state index contributed by atoms with van der Waals surface area (Å²) in [4.78, 5) is 28.9. The molecule has 0 aromatic heterocycles. The van der Waals surface area contributed by atoms with Gasteiger partial charge >= 0.3 is 142 Å². The minimum absolute atomic E-state index is 0.163. The Labute approximate surface area is 141 Å². The Balaban J connectivity index is 1.49. The maximum atomic E-state index is 12.2. The third-order valence-corrected chi connectivity index (χ3v) is 5.13. The van der Waals surface area contributed by atoms with Crippen LogP contribution in [-0.4, -0.2) is 38.2 Å². The van der Waals surface area contributed by atoms with Crippen LogP contribution in [0.5, 0.6) is 0 Å². The molecule has 0 N–H and O–H groups in total. The first-order valence-corrected chi connectivity index (χ1v) is 9.13. The molecule has 2 amide bonds. The van der Waals surface area contributed by atoms with Gasteiger partial charge in [-0.3, -0.25) is 0 Å². The number of carbonyl (C=O) groups is 2. The Kier molecular flexibility index (Phi) is 4.92. The Hall–Kier alpha value is -2.34. The van der Waals surface area contributed by atoms with Gasteiger partial charge in [0.1, 0.15) is 0 Å². The van der Waals surface area contributed by atoms with Gasteiger partial charge in [-0.15, -0.1) is 0 Å². The molecule has 0 spiro atoms. The van der Waals surface area contributed by atoms with Crippen molar-refractivity contribution in [2.75, 3.05) is 6.54 Å². The van der Waals surface area contributed by atoms with Gasteiger partial charge in [-0.2, -0.15) is 0 Å². The number of amides is 2. The molecule has 1 aliphatic rings. The first kappa shape index (κ1) is 15.6. The molecule has 0 aliphatic carbocycles. The van der Waals surface area contributed by atoms with E-state index in [1.807, 2.05) is 18.2 Å². The van der Waals surface area contributed by atoms with E-state index in [1.54, 1.807) is 24.3 Å². The zero-order valence-electron chi connectivity index (χ0n) is 12.5. The van der Waals surface area contributed by atoms with E-state index in [2.05, 4.69) is 22.9 Å². The molecule has 0 unspecified atom stereocenters. The number of imide groups is 1. The van der Waals surface area contributed by atoms with Crippen molar-refractivity contribution >= 4 is 31.2 Å². The van der Waals surface area contributed by atoms with E-state index in [9.17, 15) is 9.59 Å². The predicted octanol–water partition coefficient (Wildman–Crippen LogP) is 2.05. The van der Waals surface area contributed by atoms with Crippen LogP contribution in [0.3, 0.4) is 0 Å². The van der Waals surface area contributed by atoms with Crippen LogP contribution in [0, 0.1) is 10.7 Å². The fraction of sp³-hybridized carbons (Fsp3) is 0.158. The van der Waals surface area contributed by atoms with Gasteiger partial charge in [0.25, 0.3) is 0 Å². The van der Waals surface area contributed by atoms with Crippen molar-refractivity contribution in [3.05, 3.63) is 65.7 Å². The molecule has 0 atom stereocenters. The number of benzene rings is 2. The third-order valence-electron chi connectivity index (χ3n) is 3.55. The molecule has 0 bridgehead atoms. The summed E-state index contributed by atoms with van der Waals surface area (Å²) in [6, 6.07) is 17.2. The second kappa shape index (κ2) is 7.28. The molecule has 3 rings (SSSR count). The van der Waals surface area contributed by atoms with E-state index >= 15 is 0 Å². The van der Waals surface area contributed by atoms with Crippen molar-refractivity contribution in [3.63, 3.8) is 0 Å². The van der Waals surface area contributed by atoms with Gasteiger partial charge < -0.3 is 0 Å². The molecule has 0 fully saturated rings. The van der Waals surface area contributed by atoms with Crippen molar-refractivity contribution in [3.8, 4) is 10.7 Å². The van der Waals surface area contributed by atoms with Crippen LogP contribution in [0.25, 0.3) is 0 Å². The second-order valence-corrected chi connectivity index (χ2v) is 6.95. The second-order valence-electron chi connectivity index (χ2n) is 5.11. The Bertz CT molecular complexity index is 755. The monoisotopic (exact) mass is 369 g/mol. The Morgan fingerprint density at radius 3 is 2.13 bits per heavy atom. The molecule has 114 valence electrons. The van der Waals surface area contributed by atoms with Crippen molar-refractivity contribution in [1.82, 2.24) is 4.90 Å². The van der Waals surface area contributed by atoms with Gasteiger partial charge in [-0.1, -0.05) is 0 Å². The standard InChI is InChI=1S/C19H15NO2Se/c21-18-16-11-5-6-12-17(16)19(22)20(18)13-7-2-8-14-23-15-9-3-1-4-10-15/h1,3-6,9-12H,2,7,13H2. The molecule has 0 saturated carbocycles. The summed E-state index contributed by atoms with van der Waals surface area (Å²) in [7, 11) is 0. The van der Waals surface area contributed by atoms with E-state index in [0.717, 1.165) is 0 Å². The zero-order chi connectivity index (χ0) is 16.1. The van der Waals surface area contributed by atoms with E-state index in [1.165, 1.54) is 9.36 Å². The normalized spacial score (nSPS) is 12.8. The fourth-order valence-electron chi connectivity index (χ4n) is 2.40. The van der Waals surface area contributed by atoms with Crippen LogP contribution < -0.4 is 4.46 Å². The average Bonchev–Trinajstić information content (AvgIpc) is 2.84. The fourth-order valence-corrected chi connectivity index (χ4v) is 3.63. The van der Waals surface area contributed by atoms with Gasteiger partial charge in [0.05, 0.1) is 0 Å². The molecule has 2 aromatic carbocycles. The average molecular weight is 368 g/mol. The molecule has 1 aliphatic heterocycles. The maximum absolute atomic E-state index is 12.2. The molecule has 0 saturated heterocycles. The first-order valence-electron chi connectivity index (χ1n) is 7.42. The quantitative estimate of drug-likeness (QED) is 0.359. The number of rotatable bonds is 4. The molecular weight excluding hydrogens is 353 g/mol. The topological polar surface area (TPSA) is 37.4 Å². The van der Waals surface area contributed by atoms with Crippen LogP contribution in [0.15, 0.2) is 54.6 Å². The van der Waals surface area contributed by atoms with Crippen molar-refractivity contribution in [1.29, 1.82) is 0 Å². The van der Waals surface area contributed by atoms with E-state index in [-0.39, 0.29) is 26.8 Å². The summed E-state index contributed by atoms with van der Waals surface area (Å²) in [5, 5.41) is 0. The number of carbonyl (C=O) groups excluding carboxylic acids is 2. The van der Waals surface area contributed by atoms with Crippen molar-refractivity contribution in [2.24, 2.45) is 0 Å². The van der Waals surface area contributed by atoms with Crippen LogP contribution in [0.2, 0.25) is 0 Å². The number of unbranched alkanes of at least 4 members (excludes halogenated alkanes) is 1. The molecular formula is C19H15NO2Se. The summed E-state index contributed by atoms with van der Waals surface area (Å²) < 4.78 is 1.26. The minimum atomic E-state index is -0.188. The first-order chi connectivity index (χ1) is 11.3. The summed E-state index contributed by atoms with van der Waals surface area (Å²) in [5.74, 6) is 2.76. The van der Waals surface area contributed by atoms with E-state index < -0.39 is 0 Å². The third kappa shape index (κ3) is 3.53. The molecule has 0 radical (unpaired) electrons. The number of nitrogens with zero attached hydrogens (tertiary/aromatic N) is 1. The van der Waals surface area contributed by atoms with Crippen LogP contribution in [0.1, 0.15) is 33.6 Å². The number of hydrogen-bond donors (Lipinski definition) is 0. The van der Waals surface area contributed by atoms with Gasteiger partial charge in [0.15, 0.2) is 0 Å². The van der Waals surface area contributed by atoms with Crippen molar-refractivity contribution < 1.29 is 9.59 Å². The van der Waals surface area contributed by atoms with E-state index in [0.29, 0.717) is 30.5 Å². The predicted molar refractivity (Wildman–Crippen MR) is 90.6 cm³/mol. The molecule has 2 aromatic rings. The summed E-state index contributed by atoms with van der Waals surface area (Å²) in [5.41, 5.74) is 1.02. The zero-order valence-corrected chi connectivity index (χ0v) is 14.2. The Morgan fingerprint density at radius 1 is 0.870 bits per heavy atom. The van der Waals surface area contributed by atoms with Crippen LogP contribution >= 0.6 is 0 Å². The van der Waals surface area contributed by atoms with Crippen LogP contribution in [-0.2, 0) is 0 Å². The number of hydrogen-bond acceptors (Lipinski definition) is 2. The summed E-state index contributed by atoms with van der Waals surface area (Å²) >= 11 is 0.163. The van der Waals surface area contributed by atoms with Gasteiger partial charge in [0, 0.05) is 0 Å². The summed E-state index contributed by atoms with van der Waals surface area (Å²) in [6.45, 7) is 0.430. The van der Waals surface area contributed by atoms with Crippen molar-refractivity contribution in [2.45, 2.75) is 12.8 Å². The summed E-state index contributed by atoms with van der Waals surface area (Å²) in [6.07, 6.45) is 1.41. The Morgan fingerprint density at radius 2 is 1.48 bits per heavy atom.